The van der Waals surface area contributed by atoms with Gasteiger partial charge in [0.25, 0.3) is 0 Å². The molecular weight excluding hydrogens is 1060 g/mol. The van der Waals surface area contributed by atoms with Crippen molar-refractivity contribution in [2.24, 2.45) is 31.5 Å². The van der Waals surface area contributed by atoms with Crippen LogP contribution in [-0.4, -0.2) is 152 Å². The normalized spacial score (nSPS) is 31.0. The van der Waals surface area contributed by atoms with Gasteiger partial charge in [-0.3, -0.25) is 24.1 Å². The Kier molecular flexibility index (Phi) is 22.7. The molecule has 3 saturated heterocycles. The Morgan fingerprint density at radius 1 is 0.588 bits per heavy atom. The third-order valence-electron chi connectivity index (χ3n) is 13.5. The summed E-state index contributed by atoms with van der Waals surface area (Å²) in [5.74, 6) is -4.28. The Balaban J connectivity index is 1.40. The van der Waals surface area contributed by atoms with Gasteiger partial charge in [-0.05, 0) is 65.0 Å². The smallest absolute Gasteiger partial charge is 0.410 e. The van der Waals surface area contributed by atoms with E-state index in [0.717, 1.165) is 38.8 Å². The molecule has 3 aliphatic heterocycles. The zero-order chi connectivity index (χ0) is 57.9. The van der Waals surface area contributed by atoms with Crippen molar-refractivity contribution in [2.45, 2.75) is 178 Å². The average molecular weight is 1120 g/mol. The minimum atomic E-state index is -1.86. The third-order valence-corrected chi connectivity index (χ3v) is 13.5. The SMILES string of the molecule is CC(=O)OC[C@H]1O[C@@H](O[C@@H]2[C@@H](OC(C)=O)[C@H](N=[N+]=[N-])C[C@H](N=[N+]=[N-])[C@H]2O[C@H]2O[C@H]([C@H](C)N(Cc3ccccc3)C(=O)OCc3ccccc3)CC[C@H]2N=[N+]=[N-])[C@H](OC(C)=O)[C@@H]1O[C@H]1O[C@@H](CN=[N+]=[N-])[C@@H](OC(C)=O)[C@H](C)[C@H]1N=[N+]=[N-]. The van der Waals surface area contributed by atoms with Gasteiger partial charge in [-0.2, -0.15) is 0 Å². The number of carbonyl (C=O) groups is 5. The van der Waals surface area contributed by atoms with E-state index in [1.54, 1.807) is 26.0 Å². The fraction of sp³-hybridized carbons (Fsp3) is 0.646. The number of hydrogen-bond donors (Lipinski definition) is 0. The Labute approximate surface area is 456 Å². The fourth-order valence-corrected chi connectivity index (χ4v) is 9.94. The number of esters is 4. The molecule has 2 aromatic rings. The average Bonchev–Trinajstić information content (AvgIpc) is 3.73. The van der Waals surface area contributed by atoms with E-state index in [0.29, 0.717) is 0 Å². The van der Waals surface area contributed by atoms with Crippen molar-refractivity contribution >= 4 is 30.0 Å². The van der Waals surface area contributed by atoms with Gasteiger partial charge in [0, 0.05) is 64.7 Å². The van der Waals surface area contributed by atoms with Crippen molar-refractivity contribution in [2.75, 3.05) is 13.2 Å². The molecule has 428 valence electrons. The van der Waals surface area contributed by atoms with Crippen molar-refractivity contribution < 1.29 is 76.1 Å². The van der Waals surface area contributed by atoms with Gasteiger partial charge in [-0.1, -0.05) is 93.2 Å². The summed E-state index contributed by atoms with van der Waals surface area (Å²) < 4.78 is 67.4. The molecule has 0 unspecified atom stereocenters. The van der Waals surface area contributed by atoms with Gasteiger partial charge in [-0.25, -0.2) is 4.79 Å². The predicted molar refractivity (Wildman–Crippen MR) is 271 cm³/mol. The van der Waals surface area contributed by atoms with E-state index >= 15 is 0 Å². The first-order valence-electron chi connectivity index (χ1n) is 25.3. The van der Waals surface area contributed by atoms with Crippen LogP contribution >= 0.6 is 0 Å². The molecule has 80 heavy (non-hydrogen) atoms. The van der Waals surface area contributed by atoms with Crippen molar-refractivity contribution in [1.29, 1.82) is 0 Å². The summed E-state index contributed by atoms with van der Waals surface area (Å²) in [6.45, 7) is 6.64. The lowest BCUT2D eigenvalue weighted by Gasteiger charge is -2.47. The van der Waals surface area contributed by atoms with Crippen LogP contribution in [-0.2, 0) is 84.4 Å². The van der Waals surface area contributed by atoms with Crippen LogP contribution in [0, 0.1) is 5.92 Å². The van der Waals surface area contributed by atoms with Crippen LogP contribution in [0.5, 0.6) is 0 Å². The van der Waals surface area contributed by atoms with Gasteiger partial charge in [0.2, 0.25) is 0 Å². The van der Waals surface area contributed by atoms with E-state index in [1.807, 2.05) is 48.5 Å². The first kappa shape index (κ1) is 61.1. The maximum absolute atomic E-state index is 14.1. The van der Waals surface area contributed by atoms with Crippen LogP contribution in [0.2, 0.25) is 0 Å². The number of carbonyl (C=O) groups excluding carboxylic acids is 5. The van der Waals surface area contributed by atoms with E-state index in [9.17, 15) is 51.6 Å². The molecule has 0 radical (unpaired) electrons. The quantitative estimate of drug-likeness (QED) is 0.0337. The van der Waals surface area contributed by atoms with Gasteiger partial charge >= 0.3 is 30.0 Å². The molecule has 1 amide bonds. The Morgan fingerprint density at radius 3 is 1.74 bits per heavy atom. The van der Waals surface area contributed by atoms with Gasteiger partial charge < -0.3 is 52.1 Å². The Hall–Kier alpha value is -8.10. The van der Waals surface area contributed by atoms with Crippen LogP contribution in [0.1, 0.15) is 71.9 Å². The van der Waals surface area contributed by atoms with Crippen molar-refractivity contribution in [1.82, 2.24) is 4.90 Å². The van der Waals surface area contributed by atoms with Crippen molar-refractivity contribution in [3.05, 3.63) is 124 Å². The van der Waals surface area contributed by atoms with Crippen molar-refractivity contribution in [3.63, 3.8) is 0 Å². The summed E-state index contributed by atoms with van der Waals surface area (Å²) in [6, 6.07) is 12.3. The topological polar surface area (TPSA) is 434 Å². The van der Waals surface area contributed by atoms with Gasteiger partial charge in [0.15, 0.2) is 25.0 Å². The summed E-state index contributed by atoms with van der Waals surface area (Å²) in [4.78, 5) is 81.0. The predicted octanol–water partition coefficient (Wildman–Crippen LogP) is 7.75. The molecule has 3 heterocycles. The van der Waals surface area contributed by atoms with Crippen LogP contribution in [0.15, 0.2) is 86.2 Å². The molecule has 6 rings (SSSR count). The number of amides is 1. The second-order valence-corrected chi connectivity index (χ2v) is 18.9. The standard InChI is InChI=1S/C48H60N16O16/c1-24-38(58-63-53)46(76-36(20-54-59-49)39(24)72-27(4)66)79-42-37(23-70-26(3)65)77-47(44(42)74-29(6)68)80-43-40(73-28(5)67)33(56-61-51)19-34(57-62-52)41(43)78-45-32(55-60-50)17-18-35(75-45)25(2)64(21-30-13-9-7-10-14-30)48(69)71-22-31-15-11-8-12-16-31/h7-16,24-25,32-47H,17-23H2,1-6H3/t24-,25+,32-,33-,34+,35+,36+,37-,38-,39+,40+,41-,42-,43-,44-,45-,46-,47+/m1/s1. The fourth-order valence-electron chi connectivity index (χ4n) is 9.94. The second kappa shape index (κ2) is 29.8. The van der Waals surface area contributed by atoms with E-state index in [4.69, 9.17) is 52.1 Å². The summed E-state index contributed by atoms with van der Waals surface area (Å²) in [6.07, 6.45) is -18.7. The van der Waals surface area contributed by atoms with Crippen molar-refractivity contribution in [3.8, 4) is 0 Å². The van der Waals surface area contributed by atoms with Gasteiger partial charge in [-0.15, -0.1) is 0 Å². The number of rotatable bonds is 23. The maximum atomic E-state index is 14.1. The molecular formula is C48H60N16O16. The molecule has 2 aromatic carbocycles. The highest BCUT2D eigenvalue weighted by Crippen LogP contribution is 2.41. The summed E-state index contributed by atoms with van der Waals surface area (Å²) in [5, 5.41) is 19.2. The molecule has 0 aromatic heterocycles. The molecule has 0 spiro atoms. The van der Waals surface area contributed by atoms with Gasteiger partial charge in [0.1, 0.15) is 49.8 Å². The zero-order valence-electron chi connectivity index (χ0n) is 44.3. The number of ether oxygens (including phenoxy) is 11. The molecule has 18 atom stereocenters. The summed E-state index contributed by atoms with van der Waals surface area (Å²) >= 11 is 0. The minimum absolute atomic E-state index is 0.0419. The lowest BCUT2D eigenvalue weighted by molar-refractivity contribution is -0.293. The molecule has 32 nitrogen and oxygen atoms in total. The highest BCUT2D eigenvalue weighted by atomic mass is 16.8. The minimum Gasteiger partial charge on any atom is -0.463 e. The number of hydrogen-bond acceptors (Lipinski definition) is 21. The lowest BCUT2D eigenvalue weighted by Crippen LogP contribution is -2.62. The second-order valence-electron chi connectivity index (χ2n) is 18.9. The Morgan fingerprint density at radius 2 is 1.14 bits per heavy atom. The lowest BCUT2D eigenvalue weighted by atomic mass is 9.83. The number of nitrogens with zero attached hydrogens (tertiary/aromatic N) is 16. The highest BCUT2D eigenvalue weighted by Gasteiger charge is 2.57. The molecule has 0 N–H and O–H groups in total. The first-order valence-corrected chi connectivity index (χ1v) is 25.3. The van der Waals surface area contributed by atoms with E-state index in [-0.39, 0.29) is 32.4 Å². The highest BCUT2D eigenvalue weighted by molar-refractivity contribution is 5.68. The maximum Gasteiger partial charge on any atom is 0.410 e. The van der Waals surface area contributed by atoms with Crippen LogP contribution in [0.25, 0.3) is 52.2 Å². The monoisotopic (exact) mass is 1120 g/mol. The summed E-state index contributed by atoms with van der Waals surface area (Å²) in [5.41, 5.74) is 50.1. The molecule has 32 heteroatoms. The van der Waals surface area contributed by atoms with E-state index < -0.39 is 153 Å². The van der Waals surface area contributed by atoms with Crippen LogP contribution < -0.4 is 0 Å². The number of azide groups is 5. The van der Waals surface area contributed by atoms with E-state index in [2.05, 4.69) is 50.1 Å². The molecule has 1 aliphatic carbocycles. The Bertz CT molecular complexity index is 2720. The van der Waals surface area contributed by atoms with E-state index in [1.165, 1.54) is 4.90 Å². The summed E-state index contributed by atoms with van der Waals surface area (Å²) in [7, 11) is 0. The zero-order valence-corrected chi connectivity index (χ0v) is 44.3. The molecule has 4 fully saturated rings. The number of benzene rings is 2. The van der Waals surface area contributed by atoms with Crippen LogP contribution in [0.3, 0.4) is 0 Å². The van der Waals surface area contributed by atoms with Gasteiger partial charge in [0.05, 0.1) is 49.0 Å². The molecule has 0 bridgehead atoms. The molecule has 1 saturated carbocycles. The largest absolute Gasteiger partial charge is 0.463 e. The van der Waals surface area contributed by atoms with Crippen LogP contribution in [0.4, 0.5) is 4.79 Å². The first-order chi connectivity index (χ1) is 38.5. The third kappa shape index (κ3) is 16.2. The molecule has 4 aliphatic rings.